The molecule has 3 rings (SSSR count). The third-order valence-electron chi connectivity index (χ3n) is 3.15. The van der Waals surface area contributed by atoms with E-state index in [9.17, 15) is 9.59 Å². The summed E-state index contributed by atoms with van der Waals surface area (Å²) in [4.78, 5) is 26.9. The summed E-state index contributed by atoms with van der Waals surface area (Å²) in [6.07, 6.45) is 0. The second-order valence-corrected chi connectivity index (χ2v) is 5.51. The van der Waals surface area contributed by atoms with Crippen molar-refractivity contribution in [3.63, 3.8) is 0 Å². The van der Waals surface area contributed by atoms with E-state index in [1.54, 1.807) is 6.92 Å². The number of carbonyl (C=O) groups is 2. The van der Waals surface area contributed by atoms with Crippen molar-refractivity contribution in [1.29, 1.82) is 0 Å². The Balaban J connectivity index is 2.33. The normalized spacial score (nSPS) is 11.1. The molecule has 0 bridgehead atoms. The van der Waals surface area contributed by atoms with Crippen LogP contribution in [0.3, 0.4) is 0 Å². The van der Waals surface area contributed by atoms with Crippen LogP contribution in [0.2, 0.25) is 0 Å². The Kier molecular flexibility index (Phi) is 3.06. The first-order valence-electron chi connectivity index (χ1n) is 6.34. The standard InChI is InChI=1S/C15H13NO3S/c1-3-19-15(18)13-11(8(2)17)14-12(16-13)9-6-4-5-7-10(9)20-14/h4-7,16H,3H2,1-2H3. The lowest BCUT2D eigenvalue weighted by Gasteiger charge is -2.01. The molecule has 5 heteroatoms. The van der Waals surface area contributed by atoms with Gasteiger partial charge in [-0.05, 0) is 19.9 Å². The average Bonchev–Trinajstić information content (AvgIpc) is 2.94. The summed E-state index contributed by atoms with van der Waals surface area (Å²) < 4.78 is 6.92. The number of H-pyrrole nitrogens is 1. The molecule has 102 valence electrons. The number of carbonyl (C=O) groups excluding carboxylic acids is 2. The lowest BCUT2D eigenvalue weighted by atomic mass is 10.1. The monoisotopic (exact) mass is 287 g/mol. The number of aromatic nitrogens is 1. The van der Waals surface area contributed by atoms with Crippen molar-refractivity contribution in [2.24, 2.45) is 0 Å². The Morgan fingerprint density at radius 3 is 2.75 bits per heavy atom. The quantitative estimate of drug-likeness (QED) is 0.589. The van der Waals surface area contributed by atoms with E-state index in [0.717, 1.165) is 20.3 Å². The summed E-state index contributed by atoms with van der Waals surface area (Å²) in [5, 5.41) is 1.02. The Labute approximate surface area is 119 Å². The van der Waals surface area contributed by atoms with Crippen molar-refractivity contribution in [3.05, 3.63) is 35.5 Å². The molecule has 0 aliphatic rings. The molecule has 0 spiro atoms. The van der Waals surface area contributed by atoms with Crippen LogP contribution in [0.15, 0.2) is 24.3 Å². The van der Waals surface area contributed by atoms with Crippen LogP contribution in [0.25, 0.3) is 20.3 Å². The summed E-state index contributed by atoms with van der Waals surface area (Å²) in [7, 11) is 0. The molecular formula is C15H13NO3S. The highest BCUT2D eigenvalue weighted by Crippen LogP contribution is 2.37. The van der Waals surface area contributed by atoms with Gasteiger partial charge in [-0.25, -0.2) is 4.79 Å². The molecule has 0 aliphatic heterocycles. The summed E-state index contributed by atoms with van der Waals surface area (Å²) in [6, 6.07) is 7.87. The zero-order valence-corrected chi connectivity index (χ0v) is 12.0. The van der Waals surface area contributed by atoms with Gasteiger partial charge >= 0.3 is 5.97 Å². The van der Waals surface area contributed by atoms with Gasteiger partial charge < -0.3 is 9.72 Å². The van der Waals surface area contributed by atoms with Crippen LogP contribution in [0, 0.1) is 0 Å². The predicted octanol–water partition coefficient (Wildman–Crippen LogP) is 3.76. The molecule has 0 saturated heterocycles. The number of hydrogen-bond donors (Lipinski definition) is 1. The first kappa shape index (κ1) is 12.9. The third-order valence-corrected chi connectivity index (χ3v) is 4.34. The molecule has 1 N–H and O–H groups in total. The topological polar surface area (TPSA) is 59.2 Å². The molecule has 0 aliphatic carbocycles. The van der Waals surface area contributed by atoms with Gasteiger partial charge in [-0.15, -0.1) is 11.3 Å². The van der Waals surface area contributed by atoms with Crippen molar-refractivity contribution >= 4 is 43.4 Å². The van der Waals surface area contributed by atoms with Gasteiger partial charge in [-0.1, -0.05) is 18.2 Å². The van der Waals surface area contributed by atoms with Crippen LogP contribution >= 0.6 is 11.3 Å². The molecule has 1 aromatic carbocycles. The first-order chi connectivity index (χ1) is 9.63. The molecule has 0 amide bonds. The molecular weight excluding hydrogens is 274 g/mol. The zero-order chi connectivity index (χ0) is 14.3. The van der Waals surface area contributed by atoms with Crippen LogP contribution in [0.5, 0.6) is 0 Å². The van der Waals surface area contributed by atoms with Crippen LogP contribution in [-0.2, 0) is 4.74 Å². The number of esters is 1. The number of thiophene rings is 1. The van der Waals surface area contributed by atoms with Gasteiger partial charge in [-0.3, -0.25) is 4.79 Å². The molecule has 2 aromatic heterocycles. The fourth-order valence-corrected chi connectivity index (χ4v) is 3.60. The van der Waals surface area contributed by atoms with Gasteiger partial charge in [-0.2, -0.15) is 0 Å². The van der Waals surface area contributed by atoms with E-state index in [-0.39, 0.29) is 18.1 Å². The number of ketones is 1. The maximum Gasteiger partial charge on any atom is 0.355 e. The molecule has 20 heavy (non-hydrogen) atoms. The van der Waals surface area contributed by atoms with Crippen molar-refractivity contribution in [2.75, 3.05) is 6.61 Å². The number of fused-ring (bicyclic) bond motifs is 3. The van der Waals surface area contributed by atoms with E-state index in [1.807, 2.05) is 24.3 Å². The van der Waals surface area contributed by atoms with Gasteiger partial charge in [0, 0.05) is 10.1 Å². The van der Waals surface area contributed by atoms with Gasteiger partial charge in [0.05, 0.1) is 22.4 Å². The minimum Gasteiger partial charge on any atom is -0.461 e. The maximum absolute atomic E-state index is 12.0. The lowest BCUT2D eigenvalue weighted by molar-refractivity contribution is 0.0517. The summed E-state index contributed by atoms with van der Waals surface area (Å²) in [6.45, 7) is 3.49. The fourth-order valence-electron chi connectivity index (χ4n) is 2.34. The van der Waals surface area contributed by atoms with E-state index < -0.39 is 5.97 Å². The second-order valence-electron chi connectivity index (χ2n) is 4.45. The molecule has 0 unspecified atom stereocenters. The molecule has 3 aromatic rings. The van der Waals surface area contributed by atoms with E-state index in [0.29, 0.717) is 5.56 Å². The number of nitrogens with one attached hydrogen (secondary N) is 1. The second kappa shape index (κ2) is 4.76. The molecule has 0 radical (unpaired) electrons. The van der Waals surface area contributed by atoms with Gasteiger partial charge in [0.15, 0.2) is 5.78 Å². The summed E-state index contributed by atoms with van der Waals surface area (Å²) >= 11 is 1.51. The van der Waals surface area contributed by atoms with Gasteiger partial charge in [0.1, 0.15) is 5.69 Å². The Bertz CT molecular complexity index is 828. The summed E-state index contributed by atoms with van der Waals surface area (Å²) in [5.74, 6) is -0.615. The van der Waals surface area contributed by atoms with E-state index in [4.69, 9.17) is 4.74 Å². The average molecular weight is 287 g/mol. The van der Waals surface area contributed by atoms with Crippen LogP contribution < -0.4 is 0 Å². The Morgan fingerprint density at radius 1 is 1.30 bits per heavy atom. The van der Waals surface area contributed by atoms with Crippen molar-refractivity contribution < 1.29 is 14.3 Å². The van der Waals surface area contributed by atoms with Crippen LogP contribution in [0.4, 0.5) is 0 Å². The van der Waals surface area contributed by atoms with Crippen LogP contribution in [0.1, 0.15) is 34.7 Å². The van der Waals surface area contributed by atoms with Gasteiger partial charge in [0.25, 0.3) is 0 Å². The number of ether oxygens (including phenoxy) is 1. The van der Waals surface area contributed by atoms with Crippen molar-refractivity contribution in [1.82, 2.24) is 4.98 Å². The fraction of sp³-hybridized carbons (Fsp3) is 0.200. The van der Waals surface area contributed by atoms with Gasteiger partial charge in [0.2, 0.25) is 0 Å². The Hall–Kier alpha value is -2.14. The molecule has 0 atom stereocenters. The number of rotatable bonds is 3. The number of Topliss-reactive ketones (excluding diaryl/α,β-unsaturated/α-hetero) is 1. The SMILES string of the molecule is CCOC(=O)c1[nH]c2c(sc3ccccc32)c1C(C)=O. The largest absolute Gasteiger partial charge is 0.461 e. The maximum atomic E-state index is 12.0. The highest BCUT2D eigenvalue weighted by Gasteiger charge is 2.24. The first-order valence-corrected chi connectivity index (χ1v) is 7.16. The number of benzene rings is 1. The smallest absolute Gasteiger partial charge is 0.355 e. The minimum absolute atomic E-state index is 0.133. The van der Waals surface area contributed by atoms with E-state index in [1.165, 1.54) is 18.3 Å². The van der Waals surface area contributed by atoms with E-state index >= 15 is 0 Å². The zero-order valence-electron chi connectivity index (χ0n) is 11.1. The minimum atomic E-state index is -0.481. The van der Waals surface area contributed by atoms with Crippen LogP contribution in [-0.4, -0.2) is 23.3 Å². The molecule has 0 fully saturated rings. The molecule has 2 heterocycles. The lowest BCUT2D eigenvalue weighted by Crippen LogP contribution is -2.09. The molecule has 4 nitrogen and oxygen atoms in total. The highest BCUT2D eigenvalue weighted by molar-refractivity contribution is 7.26. The summed E-state index contributed by atoms with van der Waals surface area (Å²) in [5.41, 5.74) is 1.52. The highest BCUT2D eigenvalue weighted by atomic mass is 32.1. The van der Waals surface area contributed by atoms with Crippen molar-refractivity contribution in [3.8, 4) is 0 Å². The molecule has 0 saturated carbocycles. The predicted molar refractivity (Wildman–Crippen MR) is 79.6 cm³/mol. The Morgan fingerprint density at radius 2 is 2.05 bits per heavy atom. The third kappa shape index (κ3) is 1.82. The number of aromatic amines is 1. The van der Waals surface area contributed by atoms with E-state index in [2.05, 4.69) is 4.98 Å². The number of hydrogen-bond acceptors (Lipinski definition) is 4. The van der Waals surface area contributed by atoms with Crippen molar-refractivity contribution in [2.45, 2.75) is 13.8 Å².